The average molecular weight is 358 g/mol. The van der Waals surface area contributed by atoms with Crippen molar-refractivity contribution in [2.75, 3.05) is 6.61 Å². The number of aliphatic hydroxyl groups excluding tert-OH is 3. The normalized spacial score (nSPS) is 25.9. The standard InChI is InChI=1S/C18H22N4O4/c1-4-19-11(3)16-20-17(12-7-5-6-10(2)8-12)22(21-16)18-15(25)14(24)13(9-23)26-18/h4-8,13-15,18,23-25H,3,9H2,1-2H3/t13-,14-,15-,18-/m1/s1. The van der Waals surface area contributed by atoms with Crippen molar-refractivity contribution in [2.24, 2.45) is 4.99 Å². The van der Waals surface area contributed by atoms with Crippen LogP contribution in [0.25, 0.3) is 17.1 Å². The van der Waals surface area contributed by atoms with Crippen molar-refractivity contribution in [1.29, 1.82) is 0 Å². The van der Waals surface area contributed by atoms with Crippen LogP contribution in [0, 0.1) is 6.92 Å². The molecule has 1 aromatic carbocycles. The zero-order chi connectivity index (χ0) is 18.8. The highest BCUT2D eigenvalue weighted by molar-refractivity contribution is 5.69. The first-order valence-electron chi connectivity index (χ1n) is 8.30. The molecule has 2 aromatic rings. The molecule has 0 bridgehead atoms. The molecule has 138 valence electrons. The maximum absolute atomic E-state index is 10.4. The lowest BCUT2D eigenvalue weighted by atomic mass is 10.1. The molecule has 2 heterocycles. The summed E-state index contributed by atoms with van der Waals surface area (Å²) in [5.41, 5.74) is 2.17. The van der Waals surface area contributed by atoms with E-state index in [0.717, 1.165) is 11.1 Å². The lowest BCUT2D eigenvalue weighted by molar-refractivity contribution is -0.0578. The fourth-order valence-electron chi connectivity index (χ4n) is 2.90. The Morgan fingerprint density at radius 3 is 2.77 bits per heavy atom. The molecule has 1 fully saturated rings. The summed E-state index contributed by atoms with van der Waals surface area (Å²) in [6.07, 6.45) is -2.78. The van der Waals surface area contributed by atoms with E-state index in [4.69, 9.17) is 4.74 Å². The maximum atomic E-state index is 10.4. The van der Waals surface area contributed by atoms with E-state index in [1.54, 1.807) is 13.1 Å². The molecule has 1 aliphatic rings. The number of aromatic nitrogens is 3. The van der Waals surface area contributed by atoms with Crippen LogP contribution in [-0.4, -0.2) is 61.2 Å². The molecule has 1 aliphatic heterocycles. The van der Waals surface area contributed by atoms with Gasteiger partial charge in [0, 0.05) is 11.8 Å². The fraction of sp³-hybridized carbons (Fsp3) is 0.389. The van der Waals surface area contributed by atoms with Gasteiger partial charge in [0.1, 0.15) is 24.0 Å². The summed E-state index contributed by atoms with van der Waals surface area (Å²) < 4.78 is 7.02. The smallest absolute Gasteiger partial charge is 0.199 e. The Bertz CT molecular complexity index is 832. The zero-order valence-electron chi connectivity index (χ0n) is 14.6. The minimum Gasteiger partial charge on any atom is -0.394 e. The van der Waals surface area contributed by atoms with E-state index >= 15 is 0 Å². The van der Waals surface area contributed by atoms with Gasteiger partial charge < -0.3 is 20.1 Å². The molecule has 1 saturated heterocycles. The zero-order valence-corrected chi connectivity index (χ0v) is 14.6. The first-order chi connectivity index (χ1) is 12.5. The Morgan fingerprint density at radius 1 is 1.38 bits per heavy atom. The predicted octanol–water partition coefficient (Wildman–Crippen LogP) is 0.926. The van der Waals surface area contributed by atoms with E-state index < -0.39 is 31.1 Å². The Hall–Kier alpha value is -2.39. The number of rotatable bonds is 5. The van der Waals surface area contributed by atoms with E-state index in [-0.39, 0.29) is 5.82 Å². The van der Waals surface area contributed by atoms with Crippen LogP contribution in [0.2, 0.25) is 0 Å². The Morgan fingerprint density at radius 2 is 2.15 bits per heavy atom. The highest BCUT2D eigenvalue weighted by Gasteiger charge is 2.45. The van der Waals surface area contributed by atoms with E-state index in [2.05, 4.69) is 21.7 Å². The summed E-state index contributed by atoms with van der Waals surface area (Å²) in [5.74, 6) is 0.739. The van der Waals surface area contributed by atoms with Crippen LogP contribution in [-0.2, 0) is 4.74 Å². The molecule has 8 heteroatoms. The van der Waals surface area contributed by atoms with Crippen LogP contribution in [0.1, 0.15) is 24.5 Å². The van der Waals surface area contributed by atoms with E-state index in [0.29, 0.717) is 11.5 Å². The van der Waals surface area contributed by atoms with Gasteiger partial charge in [0.05, 0.1) is 6.61 Å². The van der Waals surface area contributed by atoms with Crippen molar-refractivity contribution >= 4 is 11.9 Å². The summed E-state index contributed by atoms with van der Waals surface area (Å²) in [4.78, 5) is 8.60. The fourth-order valence-corrected chi connectivity index (χ4v) is 2.90. The molecule has 8 nitrogen and oxygen atoms in total. The van der Waals surface area contributed by atoms with Crippen LogP contribution in [0.4, 0.5) is 0 Å². The number of ether oxygens (including phenoxy) is 1. The minimum absolute atomic E-state index is 0.289. The second-order valence-electron chi connectivity index (χ2n) is 6.14. The molecule has 0 radical (unpaired) electrons. The number of aryl methyl sites for hydroxylation is 1. The van der Waals surface area contributed by atoms with Crippen molar-refractivity contribution < 1.29 is 20.1 Å². The number of hydrogen-bond donors (Lipinski definition) is 3. The van der Waals surface area contributed by atoms with E-state index in [9.17, 15) is 15.3 Å². The SMILES string of the molecule is C=C(N=CC)c1nc(-c2cccc(C)c2)n([C@@H]2O[C@H](CO)[C@@H](O)[C@H]2O)n1. The van der Waals surface area contributed by atoms with Gasteiger partial charge in [-0.25, -0.2) is 9.67 Å². The third-order valence-corrected chi connectivity index (χ3v) is 4.21. The van der Waals surface area contributed by atoms with Gasteiger partial charge in [-0.1, -0.05) is 30.3 Å². The third kappa shape index (κ3) is 3.32. The van der Waals surface area contributed by atoms with Gasteiger partial charge in [0.25, 0.3) is 0 Å². The Kier molecular flexibility index (Phi) is 5.28. The van der Waals surface area contributed by atoms with Crippen LogP contribution in [0.15, 0.2) is 35.8 Å². The Balaban J connectivity index is 2.09. The Labute approximate surface area is 151 Å². The first-order valence-corrected chi connectivity index (χ1v) is 8.30. The predicted molar refractivity (Wildman–Crippen MR) is 96.4 cm³/mol. The van der Waals surface area contributed by atoms with Crippen molar-refractivity contribution in [3.63, 3.8) is 0 Å². The molecule has 1 aromatic heterocycles. The molecule has 3 N–H and O–H groups in total. The number of nitrogens with zero attached hydrogens (tertiary/aromatic N) is 4. The van der Waals surface area contributed by atoms with Crippen LogP contribution >= 0.6 is 0 Å². The van der Waals surface area contributed by atoms with E-state index in [1.165, 1.54) is 4.68 Å². The van der Waals surface area contributed by atoms with Crippen molar-refractivity contribution in [3.05, 3.63) is 42.2 Å². The minimum atomic E-state index is -1.26. The monoisotopic (exact) mass is 358 g/mol. The largest absolute Gasteiger partial charge is 0.394 e. The highest BCUT2D eigenvalue weighted by atomic mass is 16.6. The molecule has 0 unspecified atom stereocenters. The molecule has 4 atom stereocenters. The van der Waals surface area contributed by atoms with Crippen LogP contribution in [0.5, 0.6) is 0 Å². The summed E-state index contributed by atoms with van der Waals surface area (Å²) in [5, 5.41) is 34.1. The summed E-state index contributed by atoms with van der Waals surface area (Å²) >= 11 is 0. The average Bonchev–Trinajstić information content (AvgIpc) is 3.18. The first kappa shape index (κ1) is 18.4. The highest BCUT2D eigenvalue weighted by Crippen LogP contribution is 2.33. The van der Waals surface area contributed by atoms with Crippen molar-refractivity contribution in [1.82, 2.24) is 14.8 Å². The van der Waals surface area contributed by atoms with Gasteiger partial charge in [-0.05, 0) is 19.9 Å². The molecule has 3 rings (SSSR count). The summed E-state index contributed by atoms with van der Waals surface area (Å²) in [7, 11) is 0. The molecular formula is C18H22N4O4. The molecule has 0 saturated carbocycles. The topological polar surface area (TPSA) is 113 Å². The van der Waals surface area contributed by atoms with Crippen LogP contribution in [0.3, 0.4) is 0 Å². The van der Waals surface area contributed by atoms with E-state index in [1.807, 2.05) is 31.2 Å². The van der Waals surface area contributed by atoms with Crippen molar-refractivity contribution in [2.45, 2.75) is 38.4 Å². The second kappa shape index (κ2) is 7.46. The third-order valence-electron chi connectivity index (χ3n) is 4.21. The van der Waals surface area contributed by atoms with Gasteiger partial charge in [-0.3, -0.25) is 4.99 Å². The van der Waals surface area contributed by atoms with Crippen LogP contribution < -0.4 is 0 Å². The van der Waals surface area contributed by atoms with Gasteiger partial charge in [0.2, 0.25) is 0 Å². The van der Waals surface area contributed by atoms with Crippen molar-refractivity contribution in [3.8, 4) is 11.4 Å². The lowest BCUT2D eigenvalue weighted by Crippen LogP contribution is -2.33. The van der Waals surface area contributed by atoms with Gasteiger partial charge in [0.15, 0.2) is 17.9 Å². The number of aliphatic hydroxyl groups is 3. The number of aliphatic imine (C=N–C) groups is 1. The molecular weight excluding hydrogens is 336 g/mol. The molecule has 0 amide bonds. The molecule has 0 aliphatic carbocycles. The molecule has 0 spiro atoms. The number of hydrogen-bond acceptors (Lipinski definition) is 7. The van der Waals surface area contributed by atoms with Gasteiger partial charge in [-0.2, -0.15) is 0 Å². The summed E-state index contributed by atoms with van der Waals surface area (Å²) in [6.45, 7) is 7.15. The number of benzene rings is 1. The summed E-state index contributed by atoms with van der Waals surface area (Å²) in [6, 6.07) is 7.64. The van der Waals surface area contributed by atoms with Gasteiger partial charge in [-0.15, -0.1) is 5.10 Å². The molecule has 26 heavy (non-hydrogen) atoms. The maximum Gasteiger partial charge on any atom is 0.199 e. The second-order valence-corrected chi connectivity index (χ2v) is 6.14. The quantitative estimate of drug-likeness (QED) is 0.685. The lowest BCUT2D eigenvalue weighted by Gasteiger charge is -2.17. The van der Waals surface area contributed by atoms with Gasteiger partial charge >= 0.3 is 0 Å².